The van der Waals surface area contributed by atoms with Crippen molar-refractivity contribution in [3.05, 3.63) is 51.1 Å². The number of nitrogens with one attached hydrogen (secondary N) is 1. The topological polar surface area (TPSA) is 126 Å². The SMILES string of the molecule is COc1cc(OC)c(C(=O)OCC(=O)Nc2c([N+](=O)[O-])ccc(C)c2C)cc1OC. The number of hydrogen-bond donors (Lipinski definition) is 1. The number of carbonyl (C=O) groups excluding carboxylic acids is 2. The third-order valence-corrected chi connectivity index (χ3v) is 4.43. The van der Waals surface area contributed by atoms with E-state index in [4.69, 9.17) is 18.9 Å². The zero-order valence-electron chi connectivity index (χ0n) is 17.2. The van der Waals surface area contributed by atoms with Gasteiger partial charge in [-0.15, -0.1) is 0 Å². The fourth-order valence-corrected chi connectivity index (χ4v) is 2.68. The normalized spacial score (nSPS) is 10.2. The number of anilines is 1. The van der Waals surface area contributed by atoms with Crippen LogP contribution in [0.3, 0.4) is 0 Å². The van der Waals surface area contributed by atoms with Crippen LogP contribution >= 0.6 is 0 Å². The fraction of sp³-hybridized carbons (Fsp3) is 0.300. The van der Waals surface area contributed by atoms with E-state index >= 15 is 0 Å². The van der Waals surface area contributed by atoms with E-state index in [9.17, 15) is 19.7 Å². The average molecular weight is 418 g/mol. The molecule has 0 saturated carbocycles. The molecule has 0 radical (unpaired) electrons. The Morgan fingerprint density at radius 1 is 1.00 bits per heavy atom. The monoisotopic (exact) mass is 418 g/mol. The number of carbonyl (C=O) groups is 2. The van der Waals surface area contributed by atoms with Gasteiger partial charge in [-0.25, -0.2) is 4.79 Å². The number of benzene rings is 2. The van der Waals surface area contributed by atoms with Crippen LogP contribution in [0.1, 0.15) is 21.5 Å². The van der Waals surface area contributed by atoms with Crippen molar-refractivity contribution in [2.75, 3.05) is 33.3 Å². The zero-order chi connectivity index (χ0) is 22.4. The van der Waals surface area contributed by atoms with Crippen LogP contribution in [0.15, 0.2) is 24.3 Å². The Balaban J connectivity index is 2.17. The minimum absolute atomic E-state index is 0.0284. The first-order valence-electron chi connectivity index (χ1n) is 8.75. The Kier molecular flexibility index (Phi) is 7.18. The summed E-state index contributed by atoms with van der Waals surface area (Å²) in [4.78, 5) is 35.4. The van der Waals surface area contributed by atoms with E-state index in [1.165, 1.54) is 39.5 Å². The zero-order valence-corrected chi connectivity index (χ0v) is 17.2. The van der Waals surface area contributed by atoms with Crippen LogP contribution in [0.5, 0.6) is 17.2 Å². The Hall–Kier alpha value is -3.82. The van der Waals surface area contributed by atoms with Crippen molar-refractivity contribution in [3.8, 4) is 17.2 Å². The van der Waals surface area contributed by atoms with Crippen molar-refractivity contribution in [3.63, 3.8) is 0 Å². The highest BCUT2D eigenvalue weighted by molar-refractivity contribution is 5.98. The summed E-state index contributed by atoms with van der Waals surface area (Å²) in [7, 11) is 4.21. The maximum atomic E-state index is 12.5. The van der Waals surface area contributed by atoms with E-state index in [0.29, 0.717) is 11.3 Å². The highest BCUT2D eigenvalue weighted by atomic mass is 16.6. The second-order valence-corrected chi connectivity index (χ2v) is 6.19. The molecule has 0 aromatic heterocycles. The molecular weight excluding hydrogens is 396 g/mol. The second kappa shape index (κ2) is 9.59. The number of nitro benzene ring substituents is 1. The van der Waals surface area contributed by atoms with Crippen LogP contribution in [0.2, 0.25) is 0 Å². The lowest BCUT2D eigenvalue weighted by Crippen LogP contribution is -2.22. The van der Waals surface area contributed by atoms with Gasteiger partial charge in [0.25, 0.3) is 11.6 Å². The smallest absolute Gasteiger partial charge is 0.342 e. The van der Waals surface area contributed by atoms with Gasteiger partial charge in [0.2, 0.25) is 0 Å². The lowest BCUT2D eigenvalue weighted by molar-refractivity contribution is -0.384. The van der Waals surface area contributed by atoms with Crippen LogP contribution < -0.4 is 19.5 Å². The molecule has 1 amide bonds. The molecule has 10 heteroatoms. The molecule has 0 aliphatic rings. The molecule has 0 aliphatic heterocycles. The summed E-state index contributed by atoms with van der Waals surface area (Å²) in [6.45, 7) is 2.76. The van der Waals surface area contributed by atoms with E-state index in [1.54, 1.807) is 19.9 Å². The number of nitro groups is 1. The summed E-state index contributed by atoms with van der Waals surface area (Å²) in [5.74, 6) is -0.757. The summed E-state index contributed by atoms with van der Waals surface area (Å²) in [5.41, 5.74) is 1.15. The molecule has 10 nitrogen and oxygen atoms in total. The summed E-state index contributed by atoms with van der Waals surface area (Å²) >= 11 is 0. The van der Waals surface area contributed by atoms with Gasteiger partial charge in [-0.05, 0) is 25.0 Å². The number of amides is 1. The Morgan fingerprint density at radius 2 is 1.60 bits per heavy atom. The largest absolute Gasteiger partial charge is 0.496 e. The summed E-state index contributed by atoms with van der Waals surface area (Å²) in [5, 5.41) is 13.7. The van der Waals surface area contributed by atoms with Gasteiger partial charge in [0.1, 0.15) is 17.0 Å². The van der Waals surface area contributed by atoms with Crippen molar-refractivity contribution < 1.29 is 33.5 Å². The molecule has 2 aromatic rings. The summed E-state index contributed by atoms with van der Waals surface area (Å²) < 4.78 is 20.5. The highest BCUT2D eigenvalue weighted by Gasteiger charge is 2.22. The predicted octanol–water partition coefficient (Wildman–Crippen LogP) is 3.03. The van der Waals surface area contributed by atoms with Gasteiger partial charge in [0.05, 0.1) is 26.3 Å². The van der Waals surface area contributed by atoms with Gasteiger partial charge < -0.3 is 24.3 Å². The molecule has 0 atom stereocenters. The average Bonchev–Trinajstić information content (AvgIpc) is 2.73. The number of esters is 1. The van der Waals surface area contributed by atoms with Crippen LogP contribution in [0.4, 0.5) is 11.4 Å². The van der Waals surface area contributed by atoms with Crippen molar-refractivity contribution >= 4 is 23.3 Å². The third-order valence-electron chi connectivity index (χ3n) is 4.43. The quantitative estimate of drug-likeness (QED) is 0.394. The number of ether oxygens (including phenoxy) is 4. The number of methoxy groups -OCH3 is 3. The van der Waals surface area contributed by atoms with E-state index in [0.717, 1.165) is 5.56 Å². The lowest BCUT2D eigenvalue weighted by atomic mass is 10.1. The van der Waals surface area contributed by atoms with E-state index in [-0.39, 0.29) is 28.4 Å². The molecule has 0 fully saturated rings. The Bertz CT molecular complexity index is 987. The molecule has 0 saturated heterocycles. The molecule has 0 spiro atoms. The van der Waals surface area contributed by atoms with Crippen LogP contribution in [-0.2, 0) is 9.53 Å². The molecule has 2 aromatic carbocycles. The first-order valence-corrected chi connectivity index (χ1v) is 8.75. The minimum atomic E-state index is -0.835. The van der Waals surface area contributed by atoms with Gasteiger partial charge in [-0.1, -0.05) is 6.07 Å². The first kappa shape index (κ1) is 22.5. The number of hydrogen-bond acceptors (Lipinski definition) is 8. The van der Waals surface area contributed by atoms with Gasteiger partial charge in [-0.2, -0.15) is 0 Å². The molecule has 30 heavy (non-hydrogen) atoms. The molecule has 1 N–H and O–H groups in total. The number of rotatable bonds is 8. The minimum Gasteiger partial charge on any atom is -0.496 e. The molecule has 0 bridgehead atoms. The van der Waals surface area contributed by atoms with Gasteiger partial charge in [0, 0.05) is 18.2 Å². The van der Waals surface area contributed by atoms with Gasteiger partial charge in [-0.3, -0.25) is 14.9 Å². The standard InChI is InChI=1S/C20H22N2O8/c1-11-6-7-14(22(25)26)19(12(11)2)21-18(23)10-30-20(24)13-8-16(28-4)17(29-5)9-15(13)27-3/h6-9H,10H2,1-5H3,(H,21,23). The van der Waals surface area contributed by atoms with Crippen LogP contribution in [0.25, 0.3) is 0 Å². The maximum absolute atomic E-state index is 12.5. The maximum Gasteiger partial charge on any atom is 0.342 e. The number of aryl methyl sites for hydroxylation is 1. The predicted molar refractivity (Wildman–Crippen MR) is 108 cm³/mol. The molecule has 160 valence electrons. The second-order valence-electron chi connectivity index (χ2n) is 6.19. The van der Waals surface area contributed by atoms with E-state index in [1.807, 2.05) is 0 Å². The van der Waals surface area contributed by atoms with Crippen LogP contribution in [0, 0.1) is 24.0 Å². The molecular formula is C20H22N2O8. The van der Waals surface area contributed by atoms with Gasteiger partial charge in [0.15, 0.2) is 18.1 Å². The molecule has 0 unspecified atom stereocenters. The third kappa shape index (κ3) is 4.77. The fourth-order valence-electron chi connectivity index (χ4n) is 2.68. The molecule has 0 heterocycles. The summed E-state index contributed by atoms with van der Waals surface area (Å²) in [6, 6.07) is 5.72. The highest BCUT2D eigenvalue weighted by Crippen LogP contribution is 2.35. The van der Waals surface area contributed by atoms with E-state index in [2.05, 4.69) is 5.32 Å². The Labute approximate surface area is 172 Å². The van der Waals surface area contributed by atoms with Crippen molar-refractivity contribution in [1.29, 1.82) is 0 Å². The van der Waals surface area contributed by atoms with Crippen molar-refractivity contribution in [2.24, 2.45) is 0 Å². The van der Waals surface area contributed by atoms with Crippen LogP contribution in [-0.4, -0.2) is 44.7 Å². The molecule has 0 aliphatic carbocycles. The van der Waals surface area contributed by atoms with Crippen molar-refractivity contribution in [2.45, 2.75) is 13.8 Å². The lowest BCUT2D eigenvalue weighted by Gasteiger charge is -2.14. The first-order chi connectivity index (χ1) is 14.2. The van der Waals surface area contributed by atoms with Crippen molar-refractivity contribution in [1.82, 2.24) is 0 Å². The Morgan fingerprint density at radius 3 is 2.17 bits per heavy atom. The number of nitrogens with zero attached hydrogens (tertiary/aromatic N) is 1. The van der Waals surface area contributed by atoms with Gasteiger partial charge >= 0.3 is 5.97 Å². The van der Waals surface area contributed by atoms with E-state index < -0.39 is 23.4 Å². The summed E-state index contributed by atoms with van der Waals surface area (Å²) in [6.07, 6.45) is 0. The molecule has 2 rings (SSSR count).